The Morgan fingerprint density at radius 3 is 1.79 bits per heavy atom. The van der Waals surface area contributed by atoms with Crippen LogP contribution in [0.1, 0.15) is 19.3 Å². The molecule has 2 unspecified atom stereocenters. The van der Waals surface area contributed by atoms with Gasteiger partial charge in [0.15, 0.2) is 5.82 Å². The summed E-state index contributed by atoms with van der Waals surface area (Å²) in [6.07, 6.45) is 4.90. The standard InChI is InChI=1S/C19H31N7O8/c27-4-8-31-25(32-9-5-28)16-2-1-3-17(26(33-10-6-29)34-11-7-30)24(16)19-18-15(21-14-23-19)12-20-13-22-18/h12-14,16-17,27-30H,1-11H2. The summed E-state index contributed by atoms with van der Waals surface area (Å²) in [5.74, 6) is 0.414. The van der Waals surface area contributed by atoms with Gasteiger partial charge >= 0.3 is 0 Å². The highest BCUT2D eigenvalue weighted by Gasteiger charge is 2.42. The fraction of sp³-hybridized carbons (Fsp3) is 0.684. The molecule has 34 heavy (non-hydrogen) atoms. The fourth-order valence-electron chi connectivity index (χ4n) is 3.58. The number of hydrogen-bond acceptors (Lipinski definition) is 15. The van der Waals surface area contributed by atoms with Crippen molar-refractivity contribution in [3.63, 3.8) is 0 Å². The number of fused-ring (bicyclic) bond motifs is 1. The number of hydroxylamine groups is 4. The van der Waals surface area contributed by atoms with Crippen LogP contribution < -0.4 is 4.90 Å². The summed E-state index contributed by atoms with van der Waals surface area (Å²) in [7, 11) is 0. The third-order valence-electron chi connectivity index (χ3n) is 4.82. The molecule has 15 nitrogen and oxygen atoms in total. The lowest BCUT2D eigenvalue weighted by atomic mass is 10.0. The fourth-order valence-corrected chi connectivity index (χ4v) is 3.58. The maximum atomic E-state index is 9.29. The van der Waals surface area contributed by atoms with Gasteiger partial charge in [0.2, 0.25) is 0 Å². The largest absolute Gasteiger partial charge is 0.394 e. The number of piperidine rings is 1. The molecule has 1 saturated heterocycles. The molecule has 0 spiro atoms. The van der Waals surface area contributed by atoms with Crippen LogP contribution in [0, 0.1) is 0 Å². The molecule has 1 fully saturated rings. The molecule has 15 heteroatoms. The Balaban J connectivity index is 2.06. The van der Waals surface area contributed by atoms with Crippen molar-refractivity contribution in [3.05, 3.63) is 18.9 Å². The van der Waals surface area contributed by atoms with Gasteiger partial charge in [0.25, 0.3) is 0 Å². The summed E-state index contributed by atoms with van der Waals surface area (Å²) in [6.45, 7) is -1.15. The third kappa shape index (κ3) is 6.70. The summed E-state index contributed by atoms with van der Waals surface area (Å²) in [5.41, 5.74) is 0.969. The van der Waals surface area contributed by atoms with E-state index >= 15 is 0 Å². The van der Waals surface area contributed by atoms with E-state index in [1.54, 1.807) is 6.20 Å². The van der Waals surface area contributed by atoms with Crippen molar-refractivity contribution in [2.45, 2.75) is 31.6 Å². The normalized spacial score (nSPS) is 18.9. The van der Waals surface area contributed by atoms with Gasteiger partial charge in [-0.15, -0.1) is 0 Å². The van der Waals surface area contributed by atoms with E-state index in [0.29, 0.717) is 36.1 Å². The van der Waals surface area contributed by atoms with E-state index in [2.05, 4.69) is 19.9 Å². The zero-order valence-electron chi connectivity index (χ0n) is 18.7. The van der Waals surface area contributed by atoms with Crippen LogP contribution in [-0.4, -0.2) is 116 Å². The molecule has 3 heterocycles. The summed E-state index contributed by atoms with van der Waals surface area (Å²) >= 11 is 0. The van der Waals surface area contributed by atoms with Crippen LogP contribution in [0.15, 0.2) is 18.9 Å². The average molecular weight is 485 g/mol. The highest BCUT2D eigenvalue weighted by atomic mass is 17.0. The van der Waals surface area contributed by atoms with Crippen molar-refractivity contribution in [1.29, 1.82) is 0 Å². The lowest BCUT2D eigenvalue weighted by molar-refractivity contribution is -0.414. The van der Waals surface area contributed by atoms with Gasteiger partial charge < -0.3 is 25.3 Å². The van der Waals surface area contributed by atoms with Crippen LogP contribution in [-0.2, 0) is 19.4 Å². The first-order chi connectivity index (χ1) is 16.7. The molecule has 4 N–H and O–H groups in total. The molecule has 190 valence electrons. The molecule has 2 aromatic rings. The number of anilines is 1. The van der Waals surface area contributed by atoms with Crippen LogP contribution in [0.3, 0.4) is 0 Å². The molecule has 0 radical (unpaired) electrons. The molecular formula is C19H31N7O8. The Kier molecular flexibility index (Phi) is 11.1. The molecule has 0 amide bonds. The molecule has 0 aromatic carbocycles. The van der Waals surface area contributed by atoms with Gasteiger partial charge in [0.1, 0.15) is 36.0 Å². The van der Waals surface area contributed by atoms with Gasteiger partial charge in [0.05, 0.1) is 59.1 Å². The maximum absolute atomic E-state index is 9.29. The van der Waals surface area contributed by atoms with Gasteiger partial charge in [-0.25, -0.2) is 19.9 Å². The predicted molar refractivity (Wildman–Crippen MR) is 115 cm³/mol. The second kappa shape index (κ2) is 14.3. The van der Waals surface area contributed by atoms with Crippen molar-refractivity contribution in [2.24, 2.45) is 0 Å². The molecule has 2 aromatic heterocycles. The first-order valence-electron chi connectivity index (χ1n) is 11.0. The molecule has 3 rings (SSSR count). The Morgan fingerprint density at radius 1 is 0.765 bits per heavy atom. The summed E-state index contributed by atoms with van der Waals surface area (Å²) in [4.78, 5) is 41.4. The van der Waals surface area contributed by atoms with E-state index in [-0.39, 0.29) is 52.9 Å². The van der Waals surface area contributed by atoms with Crippen molar-refractivity contribution in [3.8, 4) is 0 Å². The highest BCUT2D eigenvalue weighted by Crippen LogP contribution is 2.34. The lowest BCUT2D eigenvalue weighted by Gasteiger charge is -2.47. The van der Waals surface area contributed by atoms with E-state index in [1.807, 2.05) is 4.90 Å². The summed E-state index contributed by atoms with van der Waals surface area (Å²) in [6, 6.07) is 0. The monoisotopic (exact) mass is 485 g/mol. The van der Waals surface area contributed by atoms with Crippen molar-refractivity contribution >= 4 is 16.9 Å². The number of aromatic nitrogens is 4. The minimum Gasteiger partial charge on any atom is -0.394 e. The van der Waals surface area contributed by atoms with E-state index < -0.39 is 12.3 Å². The number of nitrogens with zero attached hydrogens (tertiary/aromatic N) is 7. The average Bonchev–Trinajstić information content (AvgIpc) is 2.88. The molecular weight excluding hydrogens is 454 g/mol. The third-order valence-corrected chi connectivity index (χ3v) is 4.82. The first-order valence-corrected chi connectivity index (χ1v) is 11.0. The molecule has 1 aliphatic rings. The maximum Gasteiger partial charge on any atom is 0.161 e. The van der Waals surface area contributed by atoms with Gasteiger partial charge in [-0.3, -0.25) is 19.4 Å². The smallest absolute Gasteiger partial charge is 0.161 e. The highest BCUT2D eigenvalue weighted by molar-refractivity contribution is 5.84. The van der Waals surface area contributed by atoms with Gasteiger partial charge in [0, 0.05) is 0 Å². The second-order valence-corrected chi connectivity index (χ2v) is 7.05. The lowest BCUT2D eigenvalue weighted by Crippen LogP contribution is -2.61. The minimum absolute atomic E-state index is 0.0428. The summed E-state index contributed by atoms with van der Waals surface area (Å²) in [5, 5.41) is 39.6. The van der Waals surface area contributed by atoms with Gasteiger partial charge in [-0.05, 0) is 29.7 Å². The Labute approximate surface area is 195 Å². The Bertz CT molecular complexity index is 804. The number of hydrogen-bond donors (Lipinski definition) is 4. The van der Waals surface area contributed by atoms with Crippen molar-refractivity contribution in [2.75, 3.05) is 57.8 Å². The van der Waals surface area contributed by atoms with Crippen LogP contribution in [0.2, 0.25) is 0 Å². The van der Waals surface area contributed by atoms with Gasteiger partial charge in [-0.1, -0.05) is 0 Å². The molecule has 2 atom stereocenters. The van der Waals surface area contributed by atoms with Crippen molar-refractivity contribution in [1.82, 2.24) is 30.4 Å². The van der Waals surface area contributed by atoms with Crippen LogP contribution >= 0.6 is 0 Å². The zero-order chi connectivity index (χ0) is 24.2. The first kappa shape index (κ1) is 26.4. The van der Waals surface area contributed by atoms with Crippen LogP contribution in [0.5, 0.6) is 0 Å². The quantitative estimate of drug-likeness (QED) is 0.211. The number of rotatable bonds is 15. The molecule has 0 saturated carbocycles. The molecule has 0 aliphatic carbocycles. The number of aliphatic hydroxyl groups is 4. The summed E-state index contributed by atoms with van der Waals surface area (Å²) < 4.78 is 0. The van der Waals surface area contributed by atoms with E-state index in [1.165, 1.54) is 23.1 Å². The van der Waals surface area contributed by atoms with E-state index in [9.17, 15) is 20.4 Å². The Morgan fingerprint density at radius 2 is 1.29 bits per heavy atom. The van der Waals surface area contributed by atoms with Crippen LogP contribution in [0.25, 0.3) is 11.0 Å². The molecule has 0 bridgehead atoms. The minimum atomic E-state index is -0.608. The topological polar surface area (TPSA) is 179 Å². The second-order valence-electron chi connectivity index (χ2n) is 7.05. The number of aliphatic hydroxyl groups excluding tert-OH is 4. The van der Waals surface area contributed by atoms with Gasteiger partial charge in [-0.2, -0.15) is 0 Å². The molecule has 1 aliphatic heterocycles. The van der Waals surface area contributed by atoms with Crippen LogP contribution in [0.4, 0.5) is 5.82 Å². The zero-order valence-corrected chi connectivity index (χ0v) is 18.7. The SMILES string of the molecule is OCCON(OCCO)C1CCCC(N(OCCO)OCCO)N1c1ncnc2cncnc12. The van der Waals surface area contributed by atoms with E-state index in [4.69, 9.17) is 19.4 Å². The van der Waals surface area contributed by atoms with E-state index in [0.717, 1.165) is 0 Å². The van der Waals surface area contributed by atoms with Crippen molar-refractivity contribution < 1.29 is 39.8 Å². The predicted octanol–water partition coefficient (Wildman–Crippen LogP) is -1.64. The Hall–Kier alpha value is -2.18.